The molecule has 0 aliphatic carbocycles. The highest BCUT2D eigenvalue weighted by Gasteiger charge is 2.19. The van der Waals surface area contributed by atoms with Crippen LogP contribution in [0, 0.1) is 10.1 Å². The number of anilines is 1. The Hall–Kier alpha value is -2.41. The Labute approximate surface area is 106 Å². The Bertz CT molecular complexity index is 588. The number of para-hydroxylation sites is 1. The molecule has 0 radical (unpaired) electrons. The van der Waals surface area contributed by atoms with Crippen molar-refractivity contribution >= 4 is 23.1 Å². The number of nitro groups is 1. The van der Waals surface area contributed by atoms with E-state index in [-0.39, 0.29) is 28.2 Å². The van der Waals surface area contributed by atoms with Crippen molar-refractivity contribution in [1.29, 1.82) is 0 Å². The van der Waals surface area contributed by atoms with Gasteiger partial charge in [-0.05, 0) is 6.07 Å². The van der Waals surface area contributed by atoms with Gasteiger partial charge in [0.2, 0.25) is 11.6 Å². The van der Waals surface area contributed by atoms with Crippen LogP contribution < -0.4 is 10.5 Å². The first-order valence-electron chi connectivity index (χ1n) is 4.76. The van der Waals surface area contributed by atoms with Gasteiger partial charge in [0.1, 0.15) is 5.82 Å². The molecule has 0 spiro atoms. The van der Waals surface area contributed by atoms with Crippen molar-refractivity contribution in [3.05, 3.63) is 45.7 Å². The lowest BCUT2D eigenvalue weighted by Gasteiger charge is -2.06. The quantitative estimate of drug-likeness (QED) is 0.676. The zero-order valence-electron chi connectivity index (χ0n) is 8.91. The number of hydrogen-bond donors (Lipinski definition) is 1. The highest BCUT2D eigenvalue weighted by molar-refractivity contribution is 6.32. The zero-order chi connectivity index (χ0) is 13.1. The maximum absolute atomic E-state index is 10.8. The van der Waals surface area contributed by atoms with Crippen molar-refractivity contribution in [2.45, 2.75) is 0 Å². The molecule has 1 heterocycles. The summed E-state index contributed by atoms with van der Waals surface area (Å²) >= 11 is 5.85. The molecule has 0 aliphatic heterocycles. The molecule has 1 aromatic heterocycles. The minimum atomic E-state index is -0.591. The Morgan fingerprint density at radius 2 is 2.11 bits per heavy atom. The third kappa shape index (κ3) is 2.46. The summed E-state index contributed by atoms with van der Waals surface area (Å²) < 4.78 is 5.25. The second kappa shape index (κ2) is 4.84. The second-order valence-electron chi connectivity index (χ2n) is 3.23. The van der Waals surface area contributed by atoms with Gasteiger partial charge in [-0.3, -0.25) is 10.1 Å². The number of nitrogens with two attached hydrogens (primary N) is 1. The van der Waals surface area contributed by atoms with Gasteiger partial charge in [0.15, 0.2) is 0 Å². The predicted octanol–water partition coefficient (Wildman–Crippen LogP) is 2.41. The van der Waals surface area contributed by atoms with E-state index in [0.29, 0.717) is 0 Å². The lowest BCUT2D eigenvalue weighted by Crippen LogP contribution is -1.97. The molecule has 0 bridgehead atoms. The molecule has 2 aromatic rings. The lowest BCUT2D eigenvalue weighted by atomic mass is 10.3. The average molecular weight is 267 g/mol. The third-order valence-electron chi connectivity index (χ3n) is 2.00. The van der Waals surface area contributed by atoms with Crippen LogP contribution in [0.5, 0.6) is 11.6 Å². The number of halogens is 1. The molecule has 2 N–H and O–H groups in total. The van der Waals surface area contributed by atoms with E-state index in [2.05, 4.69) is 9.97 Å². The van der Waals surface area contributed by atoms with Gasteiger partial charge in [0, 0.05) is 6.07 Å². The van der Waals surface area contributed by atoms with E-state index in [1.54, 1.807) is 0 Å². The lowest BCUT2D eigenvalue weighted by molar-refractivity contribution is -0.385. The van der Waals surface area contributed by atoms with Crippen LogP contribution in [0.4, 0.5) is 11.5 Å². The number of ether oxygens (including phenoxy) is 1. The molecule has 8 heteroatoms. The maximum Gasteiger partial charge on any atom is 0.313 e. The molecule has 0 saturated carbocycles. The first kappa shape index (κ1) is 12.1. The molecule has 1 aromatic carbocycles. The van der Waals surface area contributed by atoms with Crippen LogP contribution in [0.15, 0.2) is 30.6 Å². The highest BCUT2D eigenvalue weighted by atomic mass is 35.5. The summed E-state index contributed by atoms with van der Waals surface area (Å²) in [6.07, 6.45) is 2.53. The van der Waals surface area contributed by atoms with E-state index in [0.717, 1.165) is 0 Å². The van der Waals surface area contributed by atoms with Gasteiger partial charge in [-0.2, -0.15) is 0 Å². The second-order valence-corrected chi connectivity index (χ2v) is 3.63. The first-order valence-corrected chi connectivity index (χ1v) is 5.14. The van der Waals surface area contributed by atoms with Gasteiger partial charge in [-0.25, -0.2) is 9.97 Å². The monoisotopic (exact) mass is 266 g/mol. The van der Waals surface area contributed by atoms with Gasteiger partial charge in [-0.1, -0.05) is 17.7 Å². The smallest absolute Gasteiger partial charge is 0.313 e. The predicted molar refractivity (Wildman–Crippen MR) is 64.6 cm³/mol. The van der Waals surface area contributed by atoms with E-state index >= 15 is 0 Å². The van der Waals surface area contributed by atoms with Crippen molar-refractivity contribution in [2.24, 2.45) is 0 Å². The fraction of sp³-hybridized carbons (Fsp3) is 0. The Morgan fingerprint density at radius 1 is 1.33 bits per heavy atom. The molecule has 0 unspecified atom stereocenters. The number of hydrogen-bond acceptors (Lipinski definition) is 6. The molecular weight excluding hydrogens is 260 g/mol. The van der Waals surface area contributed by atoms with Crippen LogP contribution in [0.2, 0.25) is 5.02 Å². The molecule has 0 amide bonds. The Balaban J connectivity index is 2.39. The van der Waals surface area contributed by atoms with Crippen LogP contribution in [-0.2, 0) is 0 Å². The third-order valence-corrected chi connectivity index (χ3v) is 2.30. The van der Waals surface area contributed by atoms with Crippen molar-refractivity contribution < 1.29 is 9.66 Å². The molecule has 2 rings (SSSR count). The largest absolute Gasteiger partial charge is 0.429 e. The van der Waals surface area contributed by atoms with Crippen LogP contribution in [0.3, 0.4) is 0 Å². The van der Waals surface area contributed by atoms with Gasteiger partial charge in [0.05, 0.1) is 22.3 Å². The number of nitro benzene ring substituents is 1. The Kier molecular flexibility index (Phi) is 3.24. The molecule has 92 valence electrons. The highest BCUT2D eigenvalue weighted by Crippen LogP contribution is 2.36. The van der Waals surface area contributed by atoms with Gasteiger partial charge < -0.3 is 10.5 Å². The van der Waals surface area contributed by atoms with E-state index in [9.17, 15) is 10.1 Å². The SMILES string of the molecule is Nc1cnc(Oc2c(Cl)cccc2[N+](=O)[O-])cn1. The molecule has 0 aliphatic rings. The standard InChI is InChI=1S/C10H7ClN4O3/c11-6-2-1-3-7(15(16)17)10(6)18-9-5-13-8(12)4-14-9/h1-5H,(H2,12,13). The van der Waals surface area contributed by atoms with E-state index in [4.69, 9.17) is 22.1 Å². The van der Waals surface area contributed by atoms with Crippen molar-refractivity contribution in [3.63, 3.8) is 0 Å². The van der Waals surface area contributed by atoms with Crippen molar-refractivity contribution in [2.75, 3.05) is 5.73 Å². The van der Waals surface area contributed by atoms with E-state index in [1.165, 1.54) is 30.6 Å². The Morgan fingerprint density at radius 3 is 2.72 bits per heavy atom. The molecule has 0 atom stereocenters. The zero-order valence-corrected chi connectivity index (χ0v) is 9.66. The fourth-order valence-corrected chi connectivity index (χ4v) is 1.43. The van der Waals surface area contributed by atoms with Crippen LogP contribution in [-0.4, -0.2) is 14.9 Å². The van der Waals surface area contributed by atoms with Gasteiger partial charge in [0.25, 0.3) is 0 Å². The summed E-state index contributed by atoms with van der Waals surface area (Å²) in [6.45, 7) is 0. The van der Waals surface area contributed by atoms with Gasteiger partial charge in [-0.15, -0.1) is 0 Å². The number of benzene rings is 1. The van der Waals surface area contributed by atoms with Crippen LogP contribution >= 0.6 is 11.6 Å². The minimum Gasteiger partial charge on any atom is -0.429 e. The van der Waals surface area contributed by atoms with Crippen molar-refractivity contribution in [3.8, 4) is 11.6 Å². The summed E-state index contributed by atoms with van der Waals surface area (Å²) in [6, 6.07) is 4.22. The summed E-state index contributed by atoms with van der Waals surface area (Å²) in [5.74, 6) is 0.208. The van der Waals surface area contributed by atoms with E-state index in [1.807, 2.05) is 0 Å². The summed E-state index contributed by atoms with van der Waals surface area (Å²) in [5, 5.41) is 10.9. The number of aromatic nitrogens is 2. The number of nitrogen functional groups attached to an aromatic ring is 1. The summed E-state index contributed by atoms with van der Waals surface area (Å²) in [5.41, 5.74) is 5.12. The molecular formula is C10H7ClN4O3. The summed E-state index contributed by atoms with van der Waals surface area (Å²) in [4.78, 5) is 17.8. The van der Waals surface area contributed by atoms with Crippen LogP contribution in [0.25, 0.3) is 0 Å². The normalized spacial score (nSPS) is 10.1. The minimum absolute atomic E-state index is 0.0698. The molecule has 0 fully saturated rings. The maximum atomic E-state index is 10.8. The molecule has 18 heavy (non-hydrogen) atoms. The van der Waals surface area contributed by atoms with Crippen LogP contribution in [0.1, 0.15) is 0 Å². The van der Waals surface area contributed by atoms with Gasteiger partial charge >= 0.3 is 5.69 Å². The molecule has 0 saturated heterocycles. The number of nitrogens with zero attached hydrogens (tertiary/aromatic N) is 3. The van der Waals surface area contributed by atoms with E-state index < -0.39 is 4.92 Å². The molecule has 7 nitrogen and oxygen atoms in total. The fourth-order valence-electron chi connectivity index (χ4n) is 1.23. The average Bonchev–Trinajstić information content (AvgIpc) is 2.34. The first-order chi connectivity index (χ1) is 8.58. The number of rotatable bonds is 3. The van der Waals surface area contributed by atoms with Crippen molar-refractivity contribution in [1.82, 2.24) is 9.97 Å². The topological polar surface area (TPSA) is 104 Å². The summed E-state index contributed by atoms with van der Waals surface area (Å²) in [7, 11) is 0.